The van der Waals surface area contributed by atoms with E-state index >= 15 is 0 Å². The Morgan fingerprint density at radius 3 is 2.35 bits per heavy atom. The van der Waals surface area contributed by atoms with E-state index in [0.29, 0.717) is 34.4 Å². The molecule has 0 spiro atoms. The predicted octanol–water partition coefficient (Wildman–Crippen LogP) is 5.16. The fraction of sp³-hybridized carbons (Fsp3) is 0.179. The Bertz CT molecular complexity index is 1400. The maximum Gasteiger partial charge on any atom is 0.337 e. The number of aliphatic hydroxyl groups excluding tert-OH is 1. The lowest BCUT2D eigenvalue weighted by molar-refractivity contribution is -0.132. The van der Waals surface area contributed by atoms with Gasteiger partial charge in [0.25, 0.3) is 11.7 Å². The fourth-order valence-corrected chi connectivity index (χ4v) is 4.35. The number of halogens is 1. The summed E-state index contributed by atoms with van der Waals surface area (Å²) in [5.74, 6) is -1.77. The van der Waals surface area contributed by atoms with E-state index in [1.165, 1.54) is 37.3 Å². The number of methoxy groups -OCH3 is 2. The number of hydrogen-bond donors (Lipinski definition) is 1. The molecule has 190 valence electrons. The first kappa shape index (κ1) is 25.8. The molecule has 3 aromatic rings. The average Bonchev–Trinajstić information content (AvgIpc) is 3.19. The highest BCUT2D eigenvalue weighted by Gasteiger charge is 2.47. The maximum absolute atomic E-state index is 13.4. The molecular formula is C28H24ClNO7. The Labute approximate surface area is 218 Å². The summed E-state index contributed by atoms with van der Waals surface area (Å²) in [5, 5.41) is 11.7. The summed E-state index contributed by atoms with van der Waals surface area (Å²) >= 11 is 6.20. The number of aliphatic hydroxyl groups is 1. The van der Waals surface area contributed by atoms with E-state index in [1.807, 2.05) is 0 Å². The van der Waals surface area contributed by atoms with Crippen LogP contribution in [0.2, 0.25) is 5.02 Å². The van der Waals surface area contributed by atoms with Crippen molar-refractivity contribution in [2.75, 3.05) is 25.7 Å². The SMILES string of the molecule is CCOc1cc(/C(O)=C2/C(=O)C(=O)N(c3ccc(C(=O)OC)cc3)C2c2cccc(OC)c2)ccc1Cl. The van der Waals surface area contributed by atoms with Crippen molar-refractivity contribution in [1.82, 2.24) is 0 Å². The number of ketones is 1. The van der Waals surface area contributed by atoms with Crippen LogP contribution in [0.15, 0.2) is 72.3 Å². The Balaban J connectivity index is 1.91. The first-order valence-corrected chi connectivity index (χ1v) is 11.7. The molecule has 37 heavy (non-hydrogen) atoms. The second-order valence-electron chi connectivity index (χ2n) is 8.06. The average molecular weight is 522 g/mol. The highest BCUT2D eigenvalue weighted by molar-refractivity contribution is 6.51. The maximum atomic E-state index is 13.4. The summed E-state index contributed by atoms with van der Waals surface area (Å²) in [7, 11) is 2.77. The van der Waals surface area contributed by atoms with Gasteiger partial charge in [0.15, 0.2) is 0 Å². The Morgan fingerprint density at radius 2 is 1.70 bits per heavy atom. The van der Waals surface area contributed by atoms with Crippen molar-refractivity contribution in [3.8, 4) is 11.5 Å². The molecule has 1 atom stereocenters. The van der Waals surface area contributed by atoms with Gasteiger partial charge in [-0.15, -0.1) is 0 Å². The van der Waals surface area contributed by atoms with Gasteiger partial charge in [0.05, 0.1) is 43.0 Å². The minimum Gasteiger partial charge on any atom is -0.507 e. The summed E-state index contributed by atoms with van der Waals surface area (Å²) in [4.78, 5) is 39.9. The fourth-order valence-electron chi connectivity index (χ4n) is 4.17. The van der Waals surface area contributed by atoms with Gasteiger partial charge in [-0.05, 0) is 67.1 Å². The number of Topliss-reactive ketones (excluding diaryl/α,β-unsaturated/α-hetero) is 1. The van der Waals surface area contributed by atoms with Crippen LogP contribution in [0, 0.1) is 0 Å². The minimum absolute atomic E-state index is 0.111. The Hall–Kier alpha value is -4.30. The molecular weight excluding hydrogens is 498 g/mol. The van der Waals surface area contributed by atoms with Crippen molar-refractivity contribution in [1.29, 1.82) is 0 Å². The molecule has 1 aliphatic heterocycles. The second kappa shape index (κ2) is 10.8. The van der Waals surface area contributed by atoms with Crippen LogP contribution in [0.3, 0.4) is 0 Å². The van der Waals surface area contributed by atoms with Crippen LogP contribution < -0.4 is 14.4 Å². The largest absolute Gasteiger partial charge is 0.507 e. The van der Waals surface area contributed by atoms with Crippen LogP contribution >= 0.6 is 11.6 Å². The molecule has 1 saturated heterocycles. The number of hydrogen-bond acceptors (Lipinski definition) is 7. The highest BCUT2D eigenvalue weighted by atomic mass is 35.5. The molecule has 1 fully saturated rings. The van der Waals surface area contributed by atoms with Crippen LogP contribution in [0.5, 0.6) is 11.5 Å². The highest BCUT2D eigenvalue weighted by Crippen LogP contribution is 2.43. The number of rotatable bonds is 7. The van der Waals surface area contributed by atoms with Gasteiger partial charge in [0.1, 0.15) is 17.3 Å². The van der Waals surface area contributed by atoms with Crippen molar-refractivity contribution in [3.05, 3.63) is 94.0 Å². The van der Waals surface area contributed by atoms with Crippen molar-refractivity contribution >= 4 is 40.7 Å². The molecule has 0 radical (unpaired) electrons. The van der Waals surface area contributed by atoms with Gasteiger partial charge in [0.2, 0.25) is 0 Å². The third kappa shape index (κ3) is 4.88. The summed E-state index contributed by atoms with van der Waals surface area (Å²) in [6.07, 6.45) is 0. The number of nitrogens with zero attached hydrogens (tertiary/aromatic N) is 1. The molecule has 1 aliphatic rings. The van der Waals surface area contributed by atoms with Gasteiger partial charge >= 0.3 is 5.97 Å². The van der Waals surface area contributed by atoms with E-state index in [0.717, 1.165) is 0 Å². The molecule has 1 N–H and O–H groups in total. The molecule has 0 aliphatic carbocycles. The molecule has 3 aromatic carbocycles. The molecule has 1 amide bonds. The van der Waals surface area contributed by atoms with Crippen molar-refractivity contribution in [2.45, 2.75) is 13.0 Å². The molecule has 1 unspecified atom stereocenters. The van der Waals surface area contributed by atoms with Crippen LogP contribution in [-0.4, -0.2) is 43.6 Å². The molecule has 9 heteroatoms. The van der Waals surface area contributed by atoms with Crippen LogP contribution in [0.25, 0.3) is 5.76 Å². The number of benzene rings is 3. The summed E-state index contributed by atoms with van der Waals surface area (Å²) in [6.45, 7) is 2.14. The van der Waals surface area contributed by atoms with E-state index in [9.17, 15) is 19.5 Å². The summed E-state index contributed by atoms with van der Waals surface area (Å²) < 4.78 is 15.6. The minimum atomic E-state index is -0.981. The lowest BCUT2D eigenvalue weighted by Crippen LogP contribution is -2.29. The Morgan fingerprint density at radius 1 is 1.00 bits per heavy atom. The number of carbonyl (C=O) groups excluding carboxylic acids is 3. The molecule has 0 saturated carbocycles. The van der Waals surface area contributed by atoms with Gasteiger partial charge < -0.3 is 19.3 Å². The number of esters is 1. The number of carbonyl (C=O) groups is 3. The standard InChI is InChI=1S/C28H24ClNO7/c1-4-37-22-15-18(10-13-21(22)29)25(31)23-24(17-6-5-7-20(14-17)35-2)30(27(33)26(23)32)19-11-8-16(9-12-19)28(34)36-3/h5-15,24,31H,4H2,1-3H3/b25-23-. The van der Waals surface area contributed by atoms with Gasteiger partial charge in [-0.3, -0.25) is 14.5 Å². The van der Waals surface area contributed by atoms with Gasteiger partial charge in [0, 0.05) is 11.3 Å². The topological polar surface area (TPSA) is 102 Å². The predicted molar refractivity (Wildman–Crippen MR) is 138 cm³/mol. The van der Waals surface area contributed by atoms with Crippen LogP contribution in [0.1, 0.15) is 34.5 Å². The van der Waals surface area contributed by atoms with Crippen LogP contribution in [0.4, 0.5) is 5.69 Å². The molecule has 0 aromatic heterocycles. The first-order valence-electron chi connectivity index (χ1n) is 11.4. The molecule has 1 heterocycles. The zero-order valence-corrected chi connectivity index (χ0v) is 21.1. The second-order valence-corrected chi connectivity index (χ2v) is 8.47. The normalized spacial score (nSPS) is 16.5. The van der Waals surface area contributed by atoms with Gasteiger partial charge in [-0.2, -0.15) is 0 Å². The smallest absolute Gasteiger partial charge is 0.337 e. The number of anilines is 1. The quantitative estimate of drug-likeness (QED) is 0.198. The summed E-state index contributed by atoms with van der Waals surface area (Å²) in [5.41, 5.74) is 1.33. The van der Waals surface area contributed by atoms with E-state index in [2.05, 4.69) is 0 Å². The van der Waals surface area contributed by atoms with E-state index in [1.54, 1.807) is 55.5 Å². The molecule has 8 nitrogen and oxygen atoms in total. The van der Waals surface area contributed by atoms with Gasteiger partial charge in [-0.25, -0.2) is 4.79 Å². The van der Waals surface area contributed by atoms with Gasteiger partial charge in [-0.1, -0.05) is 23.7 Å². The number of amides is 1. The third-order valence-electron chi connectivity index (χ3n) is 5.93. The monoisotopic (exact) mass is 521 g/mol. The van der Waals surface area contributed by atoms with Crippen molar-refractivity contribution < 1.29 is 33.7 Å². The van der Waals surface area contributed by atoms with E-state index in [-0.39, 0.29) is 22.5 Å². The van der Waals surface area contributed by atoms with Crippen molar-refractivity contribution in [3.63, 3.8) is 0 Å². The Kier molecular flexibility index (Phi) is 7.50. The summed E-state index contributed by atoms with van der Waals surface area (Å²) in [6, 6.07) is 16.6. The van der Waals surface area contributed by atoms with Crippen LogP contribution in [-0.2, 0) is 14.3 Å². The van der Waals surface area contributed by atoms with E-state index in [4.69, 9.17) is 25.8 Å². The molecule has 0 bridgehead atoms. The zero-order valence-electron chi connectivity index (χ0n) is 20.4. The number of ether oxygens (including phenoxy) is 3. The van der Waals surface area contributed by atoms with E-state index < -0.39 is 23.7 Å². The van der Waals surface area contributed by atoms with Crippen molar-refractivity contribution in [2.24, 2.45) is 0 Å². The molecule has 4 rings (SSSR count). The first-order chi connectivity index (χ1) is 17.8. The third-order valence-corrected chi connectivity index (χ3v) is 6.24. The lowest BCUT2D eigenvalue weighted by Gasteiger charge is -2.26. The lowest BCUT2D eigenvalue weighted by atomic mass is 9.95. The zero-order chi connectivity index (χ0) is 26.7.